The molecule has 15 heavy (non-hydrogen) atoms. The number of nitrogens with zero attached hydrogens (tertiary/aromatic N) is 1. The Morgan fingerprint density at radius 3 is 2.53 bits per heavy atom. The van der Waals surface area contributed by atoms with Crippen LogP contribution in [0.5, 0.6) is 0 Å². The van der Waals surface area contributed by atoms with Crippen molar-refractivity contribution in [3.8, 4) is 6.07 Å². The lowest BCUT2D eigenvalue weighted by Gasteiger charge is -2.25. The second-order valence-electron chi connectivity index (χ2n) is 3.23. The fourth-order valence-corrected chi connectivity index (χ4v) is 1.47. The van der Waals surface area contributed by atoms with Gasteiger partial charge in [-0.3, -0.25) is 0 Å². The molecule has 1 atom stereocenters. The summed E-state index contributed by atoms with van der Waals surface area (Å²) in [6, 6.07) is 10.5. The molecule has 0 bridgehead atoms. The first-order valence-electron chi connectivity index (χ1n) is 4.69. The average Bonchev–Trinajstić information content (AvgIpc) is 2.27. The summed E-state index contributed by atoms with van der Waals surface area (Å²) < 4.78 is 0. The summed E-state index contributed by atoms with van der Waals surface area (Å²) in [7, 11) is 0. The molecule has 78 valence electrons. The molecule has 1 rings (SSSR count). The van der Waals surface area contributed by atoms with Gasteiger partial charge in [0.05, 0.1) is 6.07 Å². The molecule has 1 unspecified atom stereocenters. The third kappa shape index (κ3) is 2.26. The summed E-state index contributed by atoms with van der Waals surface area (Å²) >= 11 is 0. The van der Waals surface area contributed by atoms with Crippen molar-refractivity contribution in [3.63, 3.8) is 0 Å². The summed E-state index contributed by atoms with van der Waals surface area (Å²) in [4.78, 5) is 10.9. The minimum atomic E-state index is -1.02. The summed E-state index contributed by atoms with van der Waals surface area (Å²) in [6.45, 7) is 1.83. The fourth-order valence-electron chi connectivity index (χ4n) is 1.47. The predicted molar refractivity (Wildman–Crippen MR) is 56.7 cm³/mol. The summed E-state index contributed by atoms with van der Waals surface area (Å²) in [5.74, 6) is 0. The Bertz CT molecular complexity index is 383. The van der Waals surface area contributed by atoms with E-state index >= 15 is 0 Å². The van der Waals surface area contributed by atoms with Gasteiger partial charge in [-0.15, -0.1) is 0 Å². The molecule has 1 aromatic rings. The van der Waals surface area contributed by atoms with Crippen molar-refractivity contribution < 1.29 is 4.79 Å². The van der Waals surface area contributed by atoms with Gasteiger partial charge in [-0.05, 0) is 12.0 Å². The van der Waals surface area contributed by atoms with E-state index in [1.165, 1.54) is 0 Å². The van der Waals surface area contributed by atoms with E-state index in [1.54, 1.807) is 12.1 Å². The lowest BCUT2D eigenvalue weighted by molar-refractivity contribution is 0.239. The predicted octanol–water partition coefficient (Wildman–Crippen LogP) is 1.48. The molecule has 0 aliphatic rings. The average molecular weight is 203 g/mol. The van der Waals surface area contributed by atoms with Crippen molar-refractivity contribution in [2.24, 2.45) is 5.73 Å². The molecule has 0 aromatic heterocycles. The second kappa shape index (κ2) is 4.47. The van der Waals surface area contributed by atoms with Gasteiger partial charge in [-0.1, -0.05) is 37.3 Å². The molecule has 3 N–H and O–H groups in total. The van der Waals surface area contributed by atoms with Crippen LogP contribution < -0.4 is 11.1 Å². The van der Waals surface area contributed by atoms with Gasteiger partial charge in [-0.25, -0.2) is 4.79 Å². The van der Waals surface area contributed by atoms with E-state index in [0.717, 1.165) is 5.56 Å². The van der Waals surface area contributed by atoms with Crippen molar-refractivity contribution >= 4 is 6.03 Å². The quantitative estimate of drug-likeness (QED) is 0.780. The number of rotatable bonds is 3. The maximum absolute atomic E-state index is 10.9. The van der Waals surface area contributed by atoms with Gasteiger partial charge in [0.2, 0.25) is 0 Å². The maximum atomic E-state index is 10.9. The van der Waals surface area contributed by atoms with Crippen LogP contribution in [-0.2, 0) is 5.54 Å². The third-order valence-corrected chi connectivity index (χ3v) is 2.32. The Labute approximate surface area is 88.7 Å². The number of hydrogen-bond acceptors (Lipinski definition) is 2. The molecular formula is C11H13N3O. The van der Waals surface area contributed by atoms with Crippen LogP contribution in [-0.4, -0.2) is 6.03 Å². The molecule has 4 heteroatoms. The van der Waals surface area contributed by atoms with Crippen LogP contribution in [0.25, 0.3) is 0 Å². The van der Waals surface area contributed by atoms with Crippen molar-refractivity contribution in [3.05, 3.63) is 35.9 Å². The van der Waals surface area contributed by atoms with Gasteiger partial charge in [0.1, 0.15) is 0 Å². The van der Waals surface area contributed by atoms with Crippen LogP contribution in [0.2, 0.25) is 0 Å². The number of nitriles is 1. The first kappa shape index (κ1) is 11.1. The number of primary amides is 1. The first-order chi connectivity index (χ1) is 7.14. The number of carbonyl (C=O) groups excluding carboxylic acids is 1. The highest BCUT2D eigenvalue weighted by Crippen LogP contribution is 2.23. The Morgan fingerprint density at radius 2 is 2.13 bits per heavy atom. The molecule has 2 amide bonds. The normalized spacial score (nSPS) is 13.6. The third-order valence-electron chi connectivity index (χ3n) is 2.32. The largest absolute Gasteiger partial charge is 0.352 e. The smallest absolute Gasteiger partial charge is 0.313 e. The van der Waals surface area contributed by atoms with Gasteiger partial charge in [0.25, 0.3) is 0 Å². The van der Waals surface area contributed by atoms with Gasteiger partial charge >= 0.3 is 6.03 Å². The number of carbonyl (C=O) groups is 1. The standard InChI is InChI=1S/C11H13N3O/c1-2-11(8-12,14-10(13)15)9-6-4-3-5-7-9/h3-7H,2H2,1H3,(H3,13,14,15). The molecule has 0 saturated heterocycles. The zero-order valence-electron chi connectivity index (χ0n) is 8.53. The van der Waals surface area contributed by atoms with Gasteiger partial charge in [0.15, 0.2) is 5.54 Å². The molecule has 0 aliphatic heterocycles. The molecule has 0 heterocycles. The zero-order chi connectivity index (χ0) is 11.3. The minimum Gasteiger partial charge on any atom is -0.352 e. The molecule has 0 saturated carbocycles. The Hall–Kier alpha value is -2.02. The van der Waals surface area contributed by atoms with Crippen LogP contribution in [0.4, 0.5) is 4.79 Å². The van der Waals surface area contributed by atoms with Crippen LogP contribution in [0.3, 0.4) is 0 Å². The Kier molecular flexibility index (Phi) is 3.29. The minimum absolute atomic E-state index is 0.469. The summed E-state index contributed by atoms with van der Waals surface area (Å²) in [6.07, 6.45) is 0.469. The molecule has 1 aromatic carbocycles. The van der Waals surface area contributed by atoms with Crippen molar-refractivity contribution in [2.75, 3.05) is 0 Å². The van der Waals surface area contributed by atoms with E-state index < -0.39 is 11.6 Å². The van der Waals surface area contributed by atoms with Crippen LogP contribution >= 0.6 is 0 Å². The van der Waals surface area contributed by atoms with Crippen molar-refractivity contribution in [2.45, 2.75) is 18.9 Å². The molecule has 0 fully saturated rings. The number of benzene rings is 1. The van der Waals surface area contributed by atoms with Gasteiger partial charge in [-0.2, -0.15) is 5.26 Å². The maximum Gasteiger partial charge on any atom is 0.313 e. The highest BCUT2D eigenvalue weighted by molar-refractivity contribution is 5.73. The zero-order valence-corrected chi connectivity index (χ0v) is 8.53. The summed E-state index contributed by atoms with van der Waals surface area (Å²) in [5, 5.41) is 11.6. The molecule has 0 aliphatic carbocycles. The van der Waals surface area contributed by atoms with E-state index in [1.807, 2.05) is 25.1 Å². The number of hydrogen-bond donors (Lipinski definition) is 2. The van der Waals surface area contributed by atoms with E-state index in [0.29, 0.717) is 6.42 Å². The molecule has 0 radical (unpaired) electrons. The molecule has 0 spiro atoms. The highest BCUT2D eigenvalue weighted by Gasteiger charge is 2.31. The topological polar surface area (TPSA) is 78.9 Å². The number of nitrogens with one attached hydrogen (secondary N) is 1. The second-order valence-corrected chi connectivity index (χ2v) is 3.23. The Balaban J connectivity index is 3.13. The van der Waals surface area contributed by atoms with Crippen LogP contribution in [0, 0.1) is 11.3 Å². The SMILES string of the molecule is CCC(C#N)(NC(N)=O)c1ccccc1. The monoisotopic (exact) mass is 203 g/mol. The lowest BCUT2D eigenvalue weighted by atomic mass is 9.89. The van der Waals surface area contributed by atoms with Gasteiger partial charge in [0, 0.05) is 0 Å². The van der Waals surface area contributed by atoms with Gasteiger partial charge < -0.3 is 11.1 Å². The van der Waals surface area contributed by atoms with E-state index in [9.17, 15) is 4.79 Å². The fraction of sp³-hybridized carbons (Fsp3) is 0.273. The van der Waals surface area contributed by atoms with Crippen LogP contribution in [0.15, 0.2) is 30.3 Å². The Morgan fingerprint density at radius 1 is 1.53 bits per heavy atom. The van der Waals surface area contributed by atoms with E-state index in [2.05, 4.69) is 11.4 Å². The number of nitrogens with two attached hydrogens (primary N) is 1. The lowest BCUT2D eigenvalue weighted by Crippen LogP contribution is -2.46. The van der Waals surface area contributed by atoms with E-state index in [4.69, 9.17) is 11.0 Å². The number of urea groups is 1. The summed E-state index contributed by atoms with van der Waals surface area (Å²) in [5.41, 5.74) is 4.79. The highest BCUT2D eigenvalue weighted by atomic mass is 16.2. The van der Waals surface area contributed by atoms with Crippen molar-refractivity contribution in [1.29, 1.82) is 5.26 Å². The van der Waals surface area contributed by atoms with Crippen molar-refractivity contribution in [1.82, 2.24) is 5.32 Å². The first-order valence-corrected chi connectivity index (χ1v) is 4.69. The van der Waals surface area contributed by atoms with Crippen LogP contribution in [0.1, 0.15) is 18.9 Å². The van der Waals surface area contributed by atoms with E-state index in [-0.39, 0.29) is 0 Å². The number of amides is 2. The molecular weight excluding hydrogens is 190 g/mol. The molecule has 4 nitrogen and oxygen atoms in total.